The van der Waals surface area contributed by atoms with Gasteiger partial charge < -0.3 is 9.88 Å². The van der Waals surface area contributed by atoms with Crippen molar-refractivity contribution in [1.29, 1.82) is 0 Å². The van der Waals surface area contributed by atoms with Crippen LogP contribution in [0, 0.1) is 6.92 Å². The van der Waals surface area contributed by atoms with Crippen LogP contribution in [0.15, 0.2) is 89.8 Å². The molecule has 0 unspecified atom stereocenters. The van der Waals surface area contributed by atoms with E-state index in [9.17, 15) is 13.2 Å². The summed E-state index contributed by atoms with van der Waals surface area (Å²) in [5.41, 5.74) is 3.76. The lowest BCUT2D eigenvalue weighted by molar-refractivity contribution is -0.114. The van der Waals surface area contributed by atoms with Crippen molar-refractivity contribution >= 4 is 72.3 Å². The molecule has 0 radical (unpaired) electrons. The molecule has 0 fully saturated rings. The van der Waals surface area contributed by atoms with Crippen LogP contribution < -0.4 is 9.62 Å². The van der Waals surface area contributed by atoms with Gasteiger partial charge in [0, 0.05) is 39.1 Å². The van der Waals surface area contributed by atoms with Gasteiger partial charge in [-0.3, -0.25) is 9.10 Å². The van der Waals surface area contributed by atoms with Crippen LogP contribution in [-0.2, 0) is 21.4 Å². The second-order valence-corrected chi connectivity index (χ2v) is 11.7. The lowest BCUT2D eigenvalue weighted by atomic mass is 10.1. The monoisotopic (exact) mass is 565 g/mol. The highest BCUT2D eigenvalue weighted by atomic mass is 35.5. The summed E-state index contributed by atoms with van der Waals surface area (Å²) in [4.78, 5) is 13.3. The molecular formula is C29H25Cl2N3O3S. The minimum Gasteiger partial charge on any atom is -0.341 e. The summed E-state index contributed by atoms with van der Waals surface area (Å²) >= 11 is 12.6. The molecule has 1 N–H and O–H groups in total. The first-order valence-electron chi connectivity index (χ1n) is 12.0. The van der Waals surface area contributed by atoms with Gasteiger partial charge in [0.2, 0.25) is 5.91 Å². The minimum atomic E-state index is -4.13. The fraction of sp³-hybridized carbons (Fsp3) is 0.138. The number of para-hydroxylation sites is 1. The Labute approximate surface area is 231 Å². The van der Waals surface area contributed by atoms with Crippen molar-refractivity contribution in [3.63, 3.8) is 0 Å². The molecule has 38 heavy (non-hydrogen) atoms. The maximum Gasteiger partial charge on any atom is 0.264 e. The summed E-state index contributed by atoms with van der Waals surface area (Å²) in [5, 5.41) is 5.40. The maximum atomic E-state index is 13.7. The Balaban J connectivity index is 1.51. The lowest BCUT2D eigenvalue weighted by Crippen LogP contribution is -2.38. The fourth-order valence-corrected chi connectivity index (χ4v) is 6.48. The van der Waals surface area contributed by atoms with Crippen LogP contribution in [0.1, 0.15) is 12.5 Å². The molecule has 0 aliphatic rings. The van der Waals surface area contributed by atoms with Crippen molar-refractivity contribution in [3.05, 3.63) is 101 Å². The zero-order chi connectivity index (χ0) is 27.0. The highest BCUT2D eigenvalue weighted by Crippen LogP contribution is 2.34. The lowest BCUT2D eigenvalue weighted by Gasteiger charge is -2.25. The molecule has 5 rings (SSSR count). The number of nitrogens with zero attached hydrogens (tertiary/aromatic N) is 2. The summed E-state index contributed by atoms with van der Waals surface area (Å²) in [6.45, 7) is 4.27. The number of carbonyl (C=O) groups is 1. The first kappa shape index (κ1) is 26.1. The van der Waals surface area contributed by atoms with Gasteiger partial charge in [0.25, 0.3) is 10.0 Å². The van der Waals surface area contributed by atoms with Crippen LogP contribution in [0.5, 0.6) is 0 Å². The third-order valence-corrected chi connectivity index (χ3v) is 8.77. The molecule has 1 amide bonds. The number of aromatic nitrogens is 1. The number of hydrogen-bond donors (Lipinski definition) is 1. The number of benzene rings is 4. The third-order valence-electron chi connectivity index (χ3n) is 6.45. The Hall–Kier alpha value is -3.52. The van der Waals surface area contributed by atoms with E-state index in [-0.39, 0.29) is 15.6 Å². The molecule has 4 aromatic carbocycles. The van der Waals surface area contributed by atoms with Gasteiger partial charge in [-0.15, -0.1) is 0 Å². The summed E-state index contributed by atoms with van der Waals surface area (Å²) in [6.07, 6.45) is 0. The van der Waals surface area contributed by atoms with E-state index < -0.39 is 22.5 Å². The molecule has 194 valence electrons. The second-order valence-electron chi connectivity index (χ2n) is 8.96. The van der Waals surface area contributed by atoms with E-state index in [0.29, 0.717) is 10.7 Å². The summed E-state index contributed by atoms with van der Waals surface area (Å²) < 4.78 is 30.6. The molecule has 0 aliphatic carbocycles. The molecule has 0 aliphatic heterocycles. The Kier molecular flexibility index (Phi) is 7.09. The topological polar surface area (TPSA) is 71.4 Å². The largest absolute Gasteiger partial charge is 0.341 e. The van der Waals surface area contributed by atoms with Crippen molar-refractivity contribution in [2.45, 2.75) is 25.3 Å². The summed E-state index contributed by atoms with van der Waals surface area (Å²) in [7, 11) is -4.13. The Bertz CT molecular complexity index is 1780. The van der Waals surface area contributed by atoms with E-state index >= 15 is 0 Å². The smallest absolute Gasteiger partial charge is 0.264 e. The number of sulfonamides is 1. The zero-order valence-corrected chi connectivity index (χ0v) is 23.1. The Morgan fingerprint density at radius 1 is 0.895 bits per heavy atom. The van der Waals surface area contributed by atoms with Crippen molar-refractivity contribution < 1.29 is 13.2 Å². The molecule has 0 spiro atoms. The number of halogens is 2. The molecule has 9 heteroatoms. The summed E-state index contributed by atoms with van der Waals surface area (Å²) in [5.74, 6) is -0.518. The van der Waals surface area contributed by atoms with Gasteiger partial charge in [-0.05, 0) is 68.4 Å². The van der Waals surface area contributed by atoms with Crippen LogP contribution >= 0.6 is 23.2 Å². The number of anilines is 2. The summed E-state index contributed by atoms with van der Waals surface area (Å²) in [6, 6.07) is 24.7. The normalized spacial score (nSPS) is 11.7. The molecule has 0 atom stereocenters. The van der Waals surface area contributed by atoms with Crippen molar-refractivity contribution in [2.24, 2.45) is 0 Å². The van der Waals surface area contributed by atoms with Gasteiger partial charge in [-0.2, -0.15) is 0 Å². The predicted octanol–water partition coefficient (Wildman–Crippen LogP) is 7.26. The molecular weight excluding hydrogens is 541 g/mol. The van der Waals surface area contributed by atoms with Gasteiger partial charge >= 0.3 is 0 Å². The van der Waals surface area contributed by atoms with E-state index in [4.69, 9.17) is 23.2 Å². The van der Waals surface area contributed by atoms with Gasteiger partial charge in [0.15, 0.2) is 0 Å². The highest BCUT2D eigenvalue weighted by molar-refractivity contribution is 7.92. The van der Waals surface area contributed by atoms with Crippen LogP contribution in [0.4, 0.5) is 11.4 Å². The first-order valence-corrected chi connectivity index (χ1v) is 14.2. The average molecular weight is 567 g/mol. The molecule has 1 heterocycles. The van der Waals surface area contributed by atoms with Crippen LogP contribution in [0.25, 0.3) is 21.8 Å². The molecule has 0 saturated carbocycles. The van der Waals surface area contributed by atoms with Crippen molar-refractivity contribution in [2.75, 3.05) is 16.2 Å². The molecule has 1 aromatic heterocycles. The Morgan fingerprint density at radius 3 is 2.34 bits per heavy atom. The zero-order valence-electron chi connectivity index (χ0n) is 20.8. The Morgan fingerprint density at radius 2 is 1.61 bits per heavy atom. The number of hydrogen-bond acceptors (Lipinski definition) is 3. The van der Waals surface area contributed by atoms with Gasteiger partial charge in [-0.1, -0.05) is 59.1 Å². The number of amides is 1. The molecule has 6 nitrogen and oxygen atoms in total. The van der Waals surface area contributed by atoms with Crippen LogP contribution in [-0.4, -0.2) is 25.4 Å². The average Bonchev–Trinajstić information content (AvgIpc) is 3.22. The van der Waals surface area contributed by atoms with E-state index in [0.717, 1.165) is 38.2 Å². The highest BCUT2D eigenvalue weighted by Gasteiger charge is 2.29. The number of nitrogens with one attached hydrogen (secondary N) is 1. The van der Waals surface area contributed by atoms with Crippen LogP contribution in [0.2, 0.25) is 10.0 Å². The quantitative estimate of drug-likeness (QED) is 0.225. The number of rotatable bonds is 7. The van der Waals surface area contributed by atoms with Crippen LogP contribution in [0.3, 0.4) is 0 Å². The second kappa shape index (κ2) is 10.3. The number of aryl methyl sites for hydroxylation is 2. The van der Waals surface area contributed by atoms with E-state index in [1.807, 2.05) is 43.3 Å². The predicted molar refractivity (Wildman–Crippen MR) is 156 cm³/mol. The minimum absolute atomic E-state index is 0.0423. The third kappa shape index (κ3) is 4.85. The fourth-order valence-electron chi connectivity index (χ4n) is 4.62. The van der Waals surface area contributed by atoms with E-state index in [1.165, 1.54) is 24.3 Å². The SMILES string of the molecule is CCn1c2ccccc2c2cc(NC(=O)CN(c3cc(Cl)ccc3Cl)S(=O)(=O)c3ccc(C)cc3)ccc21. The maximum absolute atomic E-state index is 13.7. The molecule has 5 aromatic rings. The van der Waals surface area contributed by atoms with E-state index in [1.54, 1.807) is 18.2 Å². The van der Waals surface area contributed by atoms with E-state index in [2.05, 4.69) is 22.9 Å². The first-order chi connectivity index (χ1) is 18.2. The standard InChI is InChI=1S/C29H25Cl2N3O3S/c1-3-33-26-7-5-4-6-23(26)24-17-21(11-15-27(24)33)32-29(35)18-34(28-16-20(30)10-14-25(28)31)38(36,37)22-12-8-19(2)9-13-22/h4-17H,3,18H2,1-2H3,(H,32,35). The molecule has 0 saturated heterocycles. The number of fused-ring (bicyclic) bond motifs is 3. The number of carbonyl (C=O) groups excluding carboxylic acids is 1. The van der Waals surface area contributed by atoms with Gasteiger partial charge in [-0.25, -0.2) is 8.42 Å². The van der Waals surface area contributed by atoms with Gasteiger partial charge in [0.1, 0.15) is 6.54 Å². The van der Waals surface area contributed by atoms with Crippen molar-refractivity contribution in [3.8, 4) is 0 Å². The molecule has 0 bridgehead atoms. The van der Waals surface area contributed by atoms with Gasteiger partial charge in [0.05, 0.1) is 15.6 Å². The van der Waals surface area contributed by atoms with Crippen molar-refractivity contribution in [1.82, 2.24) is 4.57 Å².